The molecule has 0 atom stereocenters. The monoisotopic (exact) mass is 568 g/mol. The molecule has 0 spiro atoms. The van der Waals surface area contributed by atoms with Gasteiger partial charge in [0, 0.05) is 29.9 Å². The molecule has 1 saturated carbocycles. The number of methoxy groups -OCH3 is 1. The second-order valence-electron chi connectivity index (χ2n) is 8.85. The van der Waals surface area contributed by atoms with Crippen molar-refractivity contribution in [3.8, 4) is 22.8 Å². The second kappa shape index (κ2) is 10.7. The van der Waals surface area contributed by atoms with E-state index in [0.29, 0.717) is 23.0 Å². The minimum Gasteiger partial charge on any atom is -0.506 e. The highest BCUT2D eigenvalue weighted by atomic mass is 32.2. The number of hydrogen-bond donors (Lipinski definition) is 4. The van der Waals surface area contributed by atoms with Gasteiger partial charge in [0.05, 0.1) is 12.8 Å². The van der Waals surface area contributed by atoms with Gasteiger partial charge < -0.3 is 15.2 Å². The Balaban J connectivity index is 1.42. The zero-order valence-electron chi connectivity index (χ0n) is 20.9. The lowest BCUT2D eigenvalue weighted by atomic mass is 10.1. The Morgan fingerprint density at radius 3 is 2.52 bits per heavy atom. The third kappa shape index (κ3) is 5.91. The van der Waals surface area contributed by atoms with Crippen molar-refractivity contribution >= 4 is 39.1 Å². The van der Waals surface area contributed by atoms with E-state index in [1.54, 1.807) is 18.2 Å². The maximum atomic E-state index is 14.2. The molecule has 0 unspecified atom stereocenters. The molecule has 5 rings (SSSR count). The topological polar surface area (TPSA) is 155 Å². The van der Waals surface area contributed by atoms with Crippen molar-refractivity contribution in [1.82, 2.24) is 15.0 Å². The van der Waals surface area contributed by atoms with Gasteiger partial charge in [0.1, 0.15) is 33.8 Å². The molecule has 1 aliphatic carbocycles. The van der Waals surface area contributed by atoms with Gasteiger partial charge in [0.25, 0.3) is 10.0 Å². The number of phenolic OH excluding ortho intramolecular Hbond substituents is 1. The van der Waals surface area contributed by atoms with Crippen molar-refractivity contribution < 1.29 is 31.8 Å². The van der Waals surface area contributed by atoms with Gasteiger partial charge in [-0.3, -0.25) is 14.8 Å². The number of aromatic hydroxyl groups is 1. The normalized spacial score (nSPS) is 13.0. The molecule has 206 valence electrons. The lowest BCUT2D eigenvalue weighted by Gasteiger charge is -2.14. The zero-order chi connectivity index (χ0) is 28.4. The number of nitrogens with zero attached hydrogens (tertiary/aromatic N) is 3. The summed E-state index contributed by atoms with van der Waals surface area (Å²) in [5, 5.41) is 16.1. The molecule has 40 heavy (non-hydrogen) atoms. The Labute approximate surface area is 227 Å². The van der Waals surface area contributed by atoms with E-state index in [1.807, 2.05) is 0 Å². The van der Waals surface area contributed by atoms with E-state index in [0.717, 1.165) is 25.0 Å². The summed E-state index contributed by atoms with van der Waals surface area (Å²) in [6.07, 6.45) is 4.53. The van der Waals surface area contributed by atoms with Crippen LogP contribution < -0.4 is 20.1 Å². The Hall–Kier alpha value is -4.85. The number of halogens is 2. The van der Waals surface area contributed by atoms with Crippen molar-refractivity contribution in [3.63, 3.8) is 0 Å². The Morgan fingerprint density at radius 2 is 1.80 bits per heavy atom. The fourth-order valence-corrected chi connectivity index (χ4v) is 4.85. The predicted molar refractivity (Wildman–Crippen MR) is 142 cm³/mol. The van der Waals surface area contributed by atoms with Crippen LogP contribution in [0.25, 0.3) is 11.1 Å². The van der Waals surface area contributed by atoms with Crippen LogP contribution in [0.2, 0.25) is 0 Å². The first-order valence-corrected chi connectivity index (χ1v) is 13.4. The van der Waals surface area contributed by atoms with E-state index < -0.39 is 26.6 Å². The highest BCUT2D eigenvalue weighted by molar-refractivity contribution is 7.92. The van der Waals surface area contributed by atoms with Gasteiger partial charge in [0.2, 0.25) is 17.7 Å². The molecule has 1 amide bonds. The largest absolute Gasteiger partial charge is 0.506 e. The molecular formula is C26H22F2N6O5S. The van der Waals surface area contributed by atoms with E-state index >= 15 is 0 Å². The van der Waals surface area contributed by atoms with Crippen molar-refractivity contribution in [2.45, 2.75) is 17.7 Å². The fourth-order valence-electron chi connectivity index (χ4n) is 3.74. The Morgan fingerprint density at radius 1 is 1.02 bits per heavy atom. The summed E-state index contributed by atoms with van der Waals surface area (Å²) >= 11 is 0. The van der Waals surface area contributed by atoms with Crippen LogP contribution in [-0.4, -0.2) is 41.5 Å². The van der Waals surface area contributed by atoms with Crippen LogP contribution in [0.4, 0.5) is 31.9 Å². The van der Waals surface area contributed by atoms with Crippen molar-refractivity contribution in [2.75, 3.05) is 22.5 Å². The van der Waals surface area contributed by atoms with Crippen LogP contribution in [0, 0.1) is 17.6 Å². The molecule has 2 heterocycles. The maximum Gasteiger partial charge on any atom is 0.264 e. The van der Waals surface area contributed by atoms with E-state index in [-0.39, 0.29) is 40.8 Å². The zero-order valence-corrected chi connectivity index (χ0v) is 21.7. The lowest BCUT2D eigenvalue weighted by Crippen LogP contribution is -2.16. The van der Waals surface area contributed by atoms with Gasteiger partial charge in [-0.15, -0.1) is 0 Å². The SMILES string of the molecule is COc1ncc(-c2ccc(O)c(Nc3ccnc(NC(=O)C4CC4)n3)c2)cc1NS(=O)(=O)c1ccc(F)cc1F. The third-order valence-electron chi connectivity index (χ3n) is 5.90. The van der Waals surface area contributed by atoms with Crippen molar-refractivity contribution in [2.24, 2.45) is 5.92 Å². The number of hydrogen-bond acceptors (Lipinski definition) is 9. The number of nitrogens with one attached hydrogen (secondary N) is 3. The summed E-state index contributed by atoms with van der Waals surface area (Å²) in [5.41, 5.74) is 1.08. The number of rotatable bonds is 9. The average Bonchev–Trinajstić information content (AvgIpc) is 3.76. The molecule has 11 nitrogen and oxygen atoms in total. The minimum atomic E-state index is -4.47. The Kier molecular flexibility index (Phi) is 7.17. The number of carbonyl (C=O) groups excluding carboxylic acids is 1. The number of carbonyl (C=O) groups is 1. The number of phenols is 1. The summed E-state index contributed by atoms with van der Waals surface area (Å²) in [5.74, 6) is -2.14. The molecule has 0 saturated heterocycles. The fraction of sp³-hybridized carbons (Fsp3) is 0.154. The quantitative estimate of drug-likeness (QED) is 0.215. The van der Waals surface area contributed by atoms with Crippen LogP contribution in [0.5, 0.6) is 11.6 Å². The molecular weight excluding hydrogens is 546 g/mol. The first-order chi connectivity index (χ1) is 19.1. The standard InChI is InChI=1S/C26H22F2N6O5S/c1-39-25-20(34-40(37,38)22-7-5-17(27)12-18(22)28)11-16(13-30-25)15-4-6-21(35)19(10-15)31-23-8-9-29-26(32-23)33-24(36)14-2-3-14/h4-14,34-35H,2-3H2,1H3,(H2,29,31,32,33,36). The van der Waals surface area contributed by atoms with Gasteiger partial charge in [0.15, 0.2) is 0 Å². The smallest absolute Gasteiger partial charge is 0.264 e. The molecule has 14 heteroatoms. The molecule has 4 aromatic rings. The number of aromatic nitrogens is 3. The number of ether oxygens (including phenoxy) is 1. The third-order valence-corrected chi connectivity index (χ3v) is 7.30. The highest BCUT2D eigenvalue weighted by Crippen LogP contribution is 2.35. The van der Waals surface area contributed by atoms with E-state index in [9.17, 15) is 27.1 Å². The van der Waals surface area contributed by atoms with Crippen molar-refractivity contribution in [3.05, 3.63) is 72.6 Å². The van der Waals surface area contributed by atoms with E-state index in [1.165, 1.54) is 31.6 Å². The molecule has 0 radical (unpaired) electrons. The number of amides is 1. The van der Waals surface area contributed by atoms with Gasteiger partial charge >= 0.3 is 0 Å². The second-order valence-corrected chi connectivity index (χ2v) is 10.5. The van der Waals surface area contributed by atoms with Crippen LogP contribution in [0.15, 0.2) is 65.8 Å². The molecule has 2 aromatic carbocycles. The van der Waals surface area contributed by atoms with Gasteiger partial charge in [-0.05, 0) is 54.8 Å². The predicted octanol–water partition coefficient (Wildman–Crippen LogP) is 4.42. The average molecular weight is 569 g/mol. The number of pyridine rings is 1. The number of benzene rings is 2. The molecule has 0 aliphatic heterocycles. The van der Waals surface area contributed by atoms with E-state index in [4.69, 9.17) is 4.74 Å². The molecule has 2 aromatic heterocycles. The van der Waals surface area contributed by atoms with Gasteiger partial charge in [-0.25, -0.2) is 27.2 Å². The van der Waals surface area contributed by atoms with Crippen LogP contribution in [0.3, 0.4) is 0 Å². The van der Waals surface area contributed by atoms with Gasteiger partial charge in [-0.2, -0.15) is 4.98 Å². The Bertz CT molecular complexity index is 1720. The summed E-state index contributed by atoms with van der Waals surface area (Å²) in [6.45, 7) is 0. The van der Waals surface area contributed by atoms with Crippen LogP contribution in [0.1, 0.15) is 12.8 Å². The van der Waals surface area contributed by atoms with E-state index in [2.05, 4.69) is 30.3 Å². The first kappa shape index (κ1) is 26.7. The van der Waals surface area contributed by atoms with Crippen LogP contribution in [-0.2, 0) is 14.8 Å². The maximum absolute atomic E-state index is 14.2. The highest BCUT2D eigenvalue weighted by Gasteiger charge is 2.30. The molecule has 4 N–H and O–H groups in total. The van der Waals surface area contributed by atoms with Crippen LogP contribution >= 0.6 is 0 Å². The summed E-state index contributed by atoms with van der Waals surface area (Å²) in [6, 6.07) is 9.63. The summed E-state index contributed by atoms with van der Waals surface area (Å²) in [7, 11) is -3.19. The molecule has 1 fully saturated rings. The van der Waals surface area contributed by atoms with Crippen molar-refractivity contribution in [1.29, 1.82) is 0 Å². The number of sulfonamides is 1. The molecule has 1 aliphatic rings. The number of anilines is 4. The molecule has 0 bridgehead atoms. The minimum absolute atomic E-state index is 0.0249. The summed E-state index contributed by atoms with van der Waals surface area (Å²) < 4.78 is 60.6. The first-order valence-electron chi connectivity index (χ1n) is 11.9. The van der Waals surface area contributed by atoms with Gasteiger partial charge in [-0.1, -0.05) is 6.07 Å². The summed E-state index contributed by atoms with van der Waals surface area (Å²) in [4.78, 5) is 23.7. The lowest BCUT2D eigenvalue weighted by molar-refractivity contribution is -0.117.